The van der Waals surface area contributed by atoms with Crippen LogP contribution in [0.1, 0.15) is 51.0 Å². The van der Waals surface area contributed by atoms with Gasteiger partial charge in [-0.3, -0.25) is 0 Å². The van der Waals surface area contributed by atoms with Gasteiger partial charge in [0.25, 0.3) is 0 Å². The molecular formula is C18H27NO. The van der Waals surface area contributed by atoms with Crippen LogP contribution in [0.15, 0.2) is 24.3 Å². The highest BCUT2D eigenvalue weighted by Crippen LogP contribution is 2.34. The third-order valence-corrected chi connectivity index (χ3v) is 5.14. The SMILES string of the molecule is CC1CCC(NCC2CCOc3ccccc32)C(C)C1. The summed E-state index contributed by atoms with van der Waals surface area (Å²) in [5.41, 5.74) is 1.39. The highest BCUT2D eigenvalue weighted by molar-refractivity contribution is 5.37. The van der Waals surface area contributed by atoms with Crippen molar-refractivity contribution in [3.8, 4) is 5.75 Å². The smallest absolute Gasteiger partial charge is 0.122 e. The molecule has 1 fully saturated rings. The minimum absolute atomic E-state index is 0.617. The normalized spacial score (nSPS) is 33.3. The fourth-order valence-corrected chi connectivity index (χ4v) is 3.89. The van der Waals surface area contributed by atoms with Gasteiger partial charge < -0.3 is 10.1 Å². The van der Waals surface area contributed by atoms with Crippen molar-refractivity contribution >= 4 is 0 Å². The standard InChI is InChI=1S/C18H27NO/c1-13-7-8-17(14(2)11-13)19-12-15-9-10-20-18-6-4-3-5-16(15)18/h3-6,13-15,17,19H,7-12H2,1-2H3. The maximum absolute atomic E-state index is 5.75. The molecule has 2 nitrogen and oxygen atoms in total. The lowest BCUT2D eigenvalue weighted by molar-refractivity contribution is 0.215. The van der Waals surface area contributed by atoms with Gasteiger partial charge in [-0.1, -0.05) is 32.0 Å². The van der Waals surface area contributed by atoms with Crippen LogP contribution in [-0.4, -0.2) is 19.2 Å². The molecule has 1 aromatic carbocycles. The van der Waals surface area contributed by atoms with Crippen LogP contribution in [0.5, 0.6) is 5.75 Å². The van der Waals surface area contributed by atoms with Crippen molar-refractivity contribution in [1.29, 1.82) is 0 Å². The minimum Gasteiger partial charge on any atom is -0.493 e. The number of rotatable bonds is 3. The van der Waals surface area contributed by atoms with Crippen molar-refractivity contribution in [3.05, 3.63) is 29.8 Å². The molecule has 4 atom stereocenters. The van der Waals surface area contributed by atoms with Gasteiger partial charge in [0.15, 0.2) is 0 Å². The van der Waals surface area contributed by atoms with Crippen molar-refractivity contribution in [3.63, 3.8) is 0 Å². The summed E-state index contributed by atoms with van der Waals surface area (Å²) in [6.07, 6.45) is 5.24. The molecule has 110 valence electrons. The first kappa shape index (κ1) is 13.9. The van der Waals surface area contributed by atoms with Gasteiger partial charge in [0.05, 0.1) is 6.61 Å². The van der Waals surface area contributed by atoms with E-state index in [0.717, 1.165) is 37.2 Å². The Kier molecular flexibility index (Phi) is 4.30. The van der Waals surface area contributed by atoms with Crippen molar-refractivity contribution in [2.24, 2.45) is 11.8 Å². The summed E-state index contributed by atoms with van der Waals surface area (Å²) in [4.78, 5) is 0. The van der Waals surface area contributed by atoms with Crippen molar-refractivity contribution in [2.75, 3.05) is 13.2 Å². The second-order valence-electron chi connectivity index (χ2n) is 6.78. The molecule has 2 heteroatoms. The number of nitrogens with one attached hydrogen (secondary N) is 1. The Labute approximate surface area is 122 Å². The average molecular weight is 273 g/mol. The molecule has 0 amide bonds. The van der Waals surface area contributed by atoms with Gasteiger partial charge in [-0.25, -0.2) is 0 Å². The summed E-state index contributed by atoms with van der Waals surface area (Å²) in [5.74, 6) is 3.43. The van der Waals surface area contributed by atoms with Gasteiger partial charge in [0, 0.05) is 18.5 Å². The van der Waals surface area contributed by atoms with Crippen LogP contribution in [0.4, 0.5) is 0 Å². The predicted molar refractivity (Wildman–Crippen MR) is 83.3 cm³/mol. The van der Waals surface area contributed by atoms with Crippen LogP contribution in [0.25, 0.3) is 0 Å². The van der Waals surface area contributed by atoms with E-state index < -0.39 is 0 Å². The number of fused-ring (bicyclic) bond motifs is 1. The van der Waals surface area contributed by atoms with Gasteiger partial charge in [-0.05, 0) is 49.1 Å². The fourth-order valence-electron chi connectivity index (χ4n) is 3.89. The van der Waals surface area contributed by atoms with E-state index in [2.05, 4.69) is 43.4 Å². The van der Waals surface area contributed by atoms with E-state index in [4.69, 9.17) is 4.74 Å². The van der Waals surface area contributed by atoms with Crippen LogP contribution in [-0.2, 0) is 0 Å². The molecular weight excluding hydrogens is 246 g/mol. The average Bonchev–Trinajstić information content (AvgIpc) is 2.46. The van der Waals surface area contributed by atoms with E-state index in [1.807, 2.05) is 0 Å². The second kappa shape index (κ2) is 6.17. The van der Waals surface area contributed by atoms with Crippen LogP contribution in [0, 0.1) is 11.8 Å². The molecule has 1 heterocycles. The summed E-state index contributed by atoms with van der Waals surface area (Å²) >= 11 is 0. The van der Waals surface area contributed by atoms with Gasteiger partial charge in [0.1, 0.15) is 5.75 Å². The maximum atomic E-state index is 5.75. The lowest BCUT2D eigenvalue weighted by Crippen LogP contribution is -2.41. The van der Waals surface area contributed by atoms with Crippen LogP contribution < -0.4 is 10.1 Å². The molecule has 1 aliphatic carbocycles. The van der Waals surface area contributed by atoms with Crippen LogP contribution in [0.3, 0.4) is 0 Å². The minimum atomic E-state index is 0.617. The Morgan fingerprint density at radius 2 is 2.00 bits per heavy atom. The Hall–Kier alpha value is -1.02. The lowest BCUT2D eigenvalue weighted by atomic mass is 9.79. The molecule has 1 N–H and O–H groups in total. The van der Waals surface area contributed by atoms with Crippen molar-refractivity contribution in [1.82, 2.24) is 5.32 Å². The summed E-state index contributed by atoms with van der Waals surface area (Å²) in [6.45, 7) is 6.76. The van der Waals surface area contributed by atoms with E-state index in [0.29, 0.717) is 12.0 Å². The van der Waals surface area contributed by atoms with Gasteiger partial charge >= 0.3 is 0 Å². The summed E-state index contributed by atoms with van der Waals surface area (Å²) in [5, 5.41) is 3.85. The maximum Gasteiger partial charge on any atom is 0.122 e. The number of para-hydroxylation sites is 1. The first-order valence-electron chi connectivity index (χ1n) is 8.19. The molecule has 3 rings (SSSR count). The number of ether oxygens (including phenoxy) is 1. The fraction of sp³-hybridized carbons (Fsp3) is 0.667. The largest absolute Gasteiger partial charge is 0.493 e. The Morgan fingerprint density at radius 1 is 1.15 bits per heavy atom. The molecule has 2 aliphatic rings. The van der Waals surface area contributed by atoms with E-state index in [9.17, 15) is 0 Å². The number of hydrogen-bond acceptors (Lipinski definition) is 2. The van der Waals surface area contributed by atoms with Crippen LogP contribution >= 0.6 is 0 Å². The summed E-state index contributed by atoms with van der Waals surface area (Å²) in [6, 6.07) is 9.24. The Balaban J connectivity index is 1.59. The molecule has 0 radical (unpaired) electrons. The van der Waals surface area contributed by atoms with E-state index >= 15 is 0 Å². The highest BCUT2D eigenvalue weighted by Gasteiger charge is 2.27. The Bertz CT molecular complexity index is 445. The zero-order valence-corrected chi connectivity index (χ0v) is 12.8. The van der Waals surface area contributed by atoms with Gasteiger partial charge in [-0.15, -0.1) is 0 Å². The quantitative estimate of drug-likeness (QED) is 0.900. The first-order chi connectivity index (χ1) is 9.74. The van der Waals surface area contributed by atoms with E-state index in [1.165, 1.54) is 24.8 Å². The second-order valence-corrected chi connectivity index (χ2v) is 6.78. The van der Waals surface area contributed by atoms with E-state index in [-0.39, 0.29) is 0 Å². The molecule has 0 bridgehead atoms. The lowest BCUT2D eigenvalue weighted by Gasteiger charge is -2.35. The Morgan fingerprint density at radius 3 is 2.85 bits per heavy atom. The highest BCUT2D eigenvalue weighted by atomic mass is 16.5. The molecule has 20 heavy (non-hydrogen) atoms. The summed E-state index contributed by atoms with van der Waals surface area (Å²) in [7, 11) is 0. The molecule has 0 aromatic heterocycles. The van der Waals surface area contributed by atoms with Crippen LogP contribution in [0.2, 0.25) is 0 Å². The molecule has 4 unspecified atom stereocenters. The summed E-state index contributed by atoms with van der Waals surface area (Å²) < 4.78 is 5.75. The number of hydrogen-bond donors (Lipinski definition) is 1. The molecule has 0 spiro atoms. The number of benzene rings is 1. The zero-order valence-electron chi connectivity index (χ0n) is 12.8. The zero-order chi connectivity index (χ0) is 13.9. The topological polar surface area (TPSA) is 21.3 Å². The predicted octanol–water partition coefficient (Wildman–Crippen LogP) is 3.97. The monoisotopic (exact) mass is 273 g/mol. The molecule has 1 saturated carbocycles. The van der Waals surface area contributed by atoms with Gasteiger partial charge in [-0.2, -0.15) is 0 Å². The van der Waals surface area contributed by atoms with Crippen molar-refractivity contribution < 1.29 is 4.74 Å². The third kappa shape index (κ3) is 3.01. The third-order valence-electron chi connectivity index (χ3n) is 5.14. The molecule has 1 aromatic rings. The first-order valence-corrected chi connectivity index (χ1v) is 8.19. The van der Waals surface area contributed by atoms with Crippen molar-refractivity contribution in [2.45, 2.75) is 51.5 Å². The van der Waals surface area contributed by atoms with Gasteiger partial charge in [0.2, 0.25) is 0 Å². The molecule has 0 saturated heterocycles. The van der Waals surface area contributed by atoms with E-state index in [1.54, 1.807) is 0 Å². The molecule has 1 aliphatic heterocycles.